The minimum atomic E-state index is -0.145. The number of carbonyl (C=O) groups is 1. The molecule has 0 fully saturated rings. The summed E-state index contributed by atoms with van der Waals surface area (Å²) < 4.78 is 0. The smallest absolute Gasteiger partial charge is 0.256 e. The van der Waals surface area contributed by atoms with Gasteiger partial charge in [0, 0.05) is 17.8 Å². The predicted octanol–water partition coefficient (Wildman–Crippen LogP) is 4.73. The normalized spacial score (nSPS) is 13.2. The summed E-state index contributed by atoms with van der Waals surface area (Å²) in [6.07, 6.45) is 4.07. The average molecular weight is 343 g/mol. The summed E-state index contributed by atoms with van der Waals surface area (Å²) in [6, 6.07) is 19.9. The number of carbonyl (C=O) groups excluding carboxylic acids is 1. The first-order valence-electron chi connectivity index (χ1n) is 8.90. The molecule has 26 heavy (non-hydrogen) atoms. The summed E-state index contributed by atoms with van der Waals surface area (Å²) in [7, 11) is 0. The molecule has 2 heterocycles. The van der Waals surface area contributed by atoms with Crippen molar-refractivity contribution in [2.45, 2.75) is 19.8 Å². The first-order chi connectivity index (χ1) is 12.7. The quantitative estimate of drug-likeness (QED) is 0.748. The number of fused-ring (bicyclic) bond motifs is 1. The largest absolute Gasteiger partial charge is 0.340 e. The van der Waals surface area contributed by atoms with Crippen LogP contribution in [0.2, 0.25) is 0 Å². The van der Waals surface area contributed by atoms with Crippen molar-refractivity contribution >= 4 is 23.1 Å². The summed E-state index contributed by atoms with van der Waals surface area (Å²) in [5, 5.41) is 2.86. The zero-order chi connectivity index (χ0) is 17.9. The number of hydrogen-bond acceptors (Lipinski definition) is 3. The molecule has 0 atom stereocenters. The van der Waals surface area contributed by atoms with E-state index in [4.69, 9.17) is 0 Å². The van der Waals surface area contributed by atoms with Crippen molar-refractivity contribution < 1.29 is 4.79 Å². The van der Waals surface area contributed by atoms with Crippen molar-refractivity contribution in [3.05, 3.63) is 83.6 Å². The van der Waals surface area contributed by atoms with Gasteiger partial charge in [0.1, 0.15) is 5.82 Å². The maximum atomic E-state index is 12.3. The molecule has 0 unspecified atom stereocenters. The number of aryl methyl sites for hydroxylation is 2. The van der Waals surface area contributed by atoms with Crippen LogP contribution >= 0.6 is 0 Å². The molecule has 0 bridgehead atoms. The Hall–Kier alpha value is -3.14. The summed E-state index contributed by atoms with van der Waals surface area (Å²) in [4.78, 5) is 19.0. The van der Waals surface area contributed by atoms with Crippen molar-refractivity contribution in [1.82, 2.24) is 4.98 Å². The molecule has 130 valence electrons. The Morgan fingerprint density at radius 1 is 1.04 bits per heavy atom. The molecule has 4 nitrogen and oxygen atoms in total. The Morgan fingerprint density at radius 3 is 2.62 bits per heavy atom. The van der Waals surface area contributed by atoms with E-state index >= 15 is 0 Å². The highest BCUT2D eigenvalue weighted by molar-refractivity contribution is 6.03. The molecule has 0 saturated carbocycles. The van der Waals surface area contributed by atoms with Gasteiger partial charge in [0.05, 0.1) is 11.9 Å². The van der Waals surface area contributed by atoms with Gasteiger partial charge in [-0.2, -0.15) is 0 Å². The molecule has 0 saturated heterocycles. The van der Waals surface area contributed by atoms with Gasteiger partial charge >= 0.3 is 0 Å². The molecular formula is C22H21N3O. The highest BCUT2D eigenvalue weighted by atomic mass is 16.1. The molecule has 1 aliphatic rings. The Kier molecular flexibility index (Phi) is 4.40. The van der Waals surface area contributed by atoms with Gasteiger partial charge in [-0.3, -0.25) is 4.79 Å². The minimum absolute atomic E-state index is 0.145. The van der Waals surface area contributed by atoms with Gasteiger partial charge in [-0.15, -0.1) is 0 Å². The number of pyridine rings is 1. The van der Waals surface area contributed by atoms with Crippen molar-refractivity contribution in [1.29, 1.82) is 0 Å². The monoisotopic (exact) mass is 343 g/mol. The average Bonchev–Trinajstić information content (AvgIpc) is 2.69. The van der Waals surface area contributed by atoms with Crippen molar-refractivity contribution in [2.75, 3.05) is 16.8 Å². The summed E-state index contributed by atoms with van der Waals surface area (Å²) in [5.74, 6) is 0.415. The predicted molar refractivity (Wildman–Crippen MR) is 105 cm³/mol. The van der Waals surface area contributed by atoms with Crippen molar-refractivity contribution in [3.63, 3.8) is 0 Å². The van der Waals surface area contributed by atoms with E-state index in [0.717, 1.165) is 30.6 Å². The van der Waals surface area contributed by atoms with E-state index in [1.54, 1.807) is 0 Å². The molecule has 1 aliphatic heterocycles. The fourth-order valence-corrected chi connectivity index (χ4v) is 3.31. The molecular weight excluding hydrogens is 322 g/mol. The molecule has 3 aromatic rings. The fourth-order valence-electron chi connectivity index (χ4n) is 3.31. The maximum absolute atomic E-state index is 12.3. The number of nitrogens with zero attached hydrogens (tertiary/aromatic N) is 2. The van der Waals surface area contributed by atoms with Gasteiger partial charge in [0.2, 0.25) is 0 Å². The van der Waals surface area contributed by atoms with Crippen LogP contribution in [0.15, 0.2) is 66.9 Å². The third-order valence-corrected chi connectivity index (χ3v) is 4.73. The number of benzene rings is 2. The van der Waals surface area contributed by atoms with Crippen LogP contribution in [-0.2, 0) is 6.42 Å². The second-order valence-electron chi connectivity index (χ2n) is 6.61. The van der Waals surface area contributed by atoms with Gasteiger partial charge in [-0.05, 0) is 55.7 Å². The third kappa shape index (κ3) is 3.31. The van der Waals surface area contributed by atoms with Crippen LogP contribution in [-0.4, -0.2) is 17.4 Å². The number of aromatic nitrogens is 1. The summed E-state index contributed by atoms with van der Waals surface area (Å²) in [5.41, 5.74) is 5.43. The maximum Gasteiger partial charge on any atom is 0.256 e. The van der Waals surface area contributed by atoms with E-state index in [2.05, 4.69) is 39.5 Å². The van der Waals surface area contributed by atoms with Crippen LogP contribution in [0.1, 0.15) is 27.9 Å². The lowest BCUT2D eigenvalue weighted by Gasteiger charge is -2.31. The number of anilines is 3. The van der Waals surface area contributed by atoms with Crippen LogP contribution in [0.4, 0.5) is 17.2 Å². The van der Waals surface area contributed by atoms with Crippen LogP contribution in [0.25, 0.3) is 0 Å². The van der Waals surface area contributed by atoms with E-state index in [-0.39, 0.29) is 5.91 Å². The Balaban J connectivity index is 1.51. The van der Waals surface area contributed by atoms with Crippen LogP contribution < -0.4 is 10.2 Å². The second-order valence-corrected chi connectivity index (χ2v) is 6.61. The molecule has 1 N–H and O–H groups in total. The lowest BCUT2D eigenvalue weighted by atomic mass is 10.0. The summed E-state index contributed by atoms with van der Waals surface area (Å²) in [6.45, 7) is 2.98. The summed E-state index contributed by atoms with van der Waals surface area (Å²) >= 11 is 0. The SMILES string of the molecule is Cc1ccc(C(=O)Nc2ccc(N3CCCc4ccccc43)cn2)cc1. The highest BCUT2D eigenvalue weighted by Gasteiger charge is 2.18. The molecule has 1 aromatic heterocycles. The zero-order valence-corrected chi connectivity index (χ0v) is 14.8. The molecule has 0 spiro atoms. The first-order valence-corrected chi connectivity index (χ1v) is 8.90. The van der Waals surface area contributed by atoms with Crippen LogP contribution in [0, 0.1) is 6.92 Å². The standard InChI is InChI=1S/C22H21N3O/c1-16-8-10-18(11-9-16)22(26)24-21-13-12-19(15-23-21)25-14-4-6-17-5-2-3-7-20(17)25/h2-3,5,7-13,15H,4,6,14H2,1H3,(H,23,24,26). The number of nitrogens with one attached hydrogen (secondary N) is 1. The molecule has 0 aliphatic carbocycles. The first kappa shape index (κ1) is 16.3. The lowest BCUT2D eigenvalue weighted by Crippen LogP contribution is -2.24. The van der Waals surface area contributed by atoms with Crippen molar-refractivity contribution in [3.8, 4) is 0 Å². The zero-order valence-electron chi connectivity index (χ0n) is 14.8. The minimum Gasteiger partial charge on any atom is -0.340 e. The van der Waals surface area contributed by atoms with E-state index in [9.17, 15) is 4.79 Å². The van der Waals surface area contributed by atoms with E-state index < -0.39 is 0 Å². The molecule has 0 radical (unpaired) electrons. The second kappa shape index (κ2) is 7.00. The Morgan fingerprint density at radius 2 is 1.85 bits per heavy atom. The Labute approximate surface area is 153 Å². The van der Waals surface area contributed by atoms with Crippen LogP contribution in [0.5, 0.6) is 0 Å². The van der Waals surface area contributed by atoms with Gasteiger partial charge in [0.15, 0.2) is 0 Å². The fraction of sp³-hybridized carbons (Fsp3) is 0.182. The van der Waals surface area contributed by atoms with Gasteiger partial charge < -0.3 is 10.2 Å². The van der Waals surface area contributed by atoms with Gasteiger partial charge in [-0.1, -0.05) is 35.9 Å². The molecule has 1 amide bonds. The number of para-hydroxylation sites is 1. The molecule has 2 aromatic carbocycles. The van der Waals surface area contributed by atoms with Gasteiger partial charge in [0.25, 0.3) is 5.91 Å². The lowest BCUT2D eigenvalue weighted by molar-refractivity contribution is 0.102. The van der Waals surface area contributed by atoms with Crippen molar-refractivity contribution in [2.24, 2.45) is 0 Å². The van der Waals surface area contributed by atoms with E-state index in [0.29, 0.717) is 11.4 Å². The number of rotatable bonds is 3. The Bertz CT molecular complexity index is 917. The van der Waals surface area contributed by atoms with E-state index in [1.165, 1.54) is 11.3 Å². The molecule has 4 rings (SSSR count). The van der Waals surface area contributed by atoms with Gasteiger partial charge in [-0.25, -0.2) is 4.98 Å². The topological polar surface area (TPSA) is 45.2 Å². The van der Waals surface area contributed by atoms with E-state index in [1.807, 2.05) is 49.5 Å². The number of amides is 1. The third-order valence-electron chi connectivity index (χ3n) is 4.73. The molecule has 4 heteroatoms. The van der Waals surface area contributed by atoms with Crippen LogP contribution in [0.3, 0.4) is 0 Å². The highest BCUT2D eigenvalue weighted by Crippen LogP contribution is 2.33. The number of hydrogen-bond donors (Lipinski definition) is 1.